The summed E-state index contributed by atoms with van der Waals surface area (Å²) in [6.07, 6.45) is 3.42. The molecule has 0 bridgehead atoms. The number of anilines is 2. The summed E-state index contributed by atoms with van der Waals surface area (Å²) in [5.74, 6) is 1.81. The number of carbonyl (C=O) groups is 1. The van der Waals surface area contributed by atoms with Crippen LogP contribution in [0.4, 0.5) is 11.6 Å². The van der Waals surface area contributed by atoms with Crippen LogP contribution in [0.5, 0.6) is 11.5 Å². The van der Waals surface area contributed by atoms with Crippen molar-refractivity contribution in [2.45, 2.75) is 19.6 Å². The number of halogens is 2. The van der Waals surface area contributed by atoms with E-state index >= 15 is 0 Å². The zero-order valence-corrected chi connectivity index (χ0v) is 19.8. The average molecular weight is 505 g/mol. The summed E-state index contributed by atoms with van der Waals surface area (Å²) in [4.78, 5) is 21.8. The molecule has 2 aromatic heterocycles. The molecule has 35 heavy (non-hydrogen) atoms. The highest BCUT2D eigenvalue weighted by Gasteiger charge is 2.25. The predicted octanol–water partition coefficient (Wildman–Crippen LogP) is 5.67. The number of hydrogen-bond donors (Lipinski definition) is 2. The number of aromatic nitrogens is 2. The maximum atomic E-state index is 13.1. The Morgan fingerprint density at radius 3 is 2.31 bits per heavy atom. The number of nitrogens with zero attached hydrogens (tertiary/aromatic N) is 2. The normalized spacial score (nSPS) is 12.9. The summed E-state index contributed by atoms with van der Waals surface area (Å²) in [7, 11) is 0. The fourth-order valence-corrected chi connectivity index (χ4v) is 4.80. The lowest BCUT2D eigenvalue weighted by Gasteiger charge is -2.24. The predicted molar refractivity (Wildman–Crippen MR) is 135 cm³/mol. The van der Waals surface area contributed by atoms with Crippen molar-refractivity contribution in [1.82, 2.24) is 9.97 Å². The van der Waals surface area contributed by atoms with E-state index in [9.17, 15) is 4.79 Å². The third-order valence-electron chi connectivity index (χ3n) is 6.10. The van der Waals surface area contributed by atoms with Crippen LogP contribution >= 0.6 is 23.2 Å². The number of pyridine rings is 2. The Kier molecular flexibility index (Phi) is 5.24. The van der Waals surface area contributed by atoms with Crippen molar-refractivity contribution in [3.63, 3.8) is 0 Å². The van der Waals surface area contributed by atoms with Crippen LogP contribution in [0.25, 0.3) is 22.3 Å². The maximum Gasteiger partial charge on any atom is 0.230 e. The Bertz CT molecular complexity index is 1520. The molecule has 2 aromatic carbocycles. The quantitative estimate of drug-likeness (QED) is 0.373. The van der Waals surface area contributed by atoms with Gasteiger partial charge in [0.05, 0.1) is 6.42 Å². The van der Waals surface area contributed by atoms with Gasteiger partial charge in [0, 0.05) is 55.8 Å². The van der Waals surface area contributed by atoms with E-state index < -0.39 is 0 Å². The molecule has 4 heterocycles. The minimum absolute atomic E-state index is 0.0259. The molecule has 0 atom stereocenters. The minimum Gasteiger partial charge on any atom is -0.488 e. The lowest BCUT2D eigenvalue weighted by atomic mass is 9.92. The van der Waals surface area contributed by atoms with E-state index in [-0.39, 0.29) is 12.3 Å². The lowest BCUT2D eigenvalue weighted by molar-refractivity contribution is -0.115. The number of rotatable bonds is 3. The Morgan fingerprint density at radius 2 is 1.54 bits per heavy atom. The van der Waals surface area contributed by atoms with Crippen LogP contribution < -0.4 is 20.5 Å². The summed E-state index contributed by atoms with van der Waals surface area (Å²) in [5, 5.41) is 4.07. The summed E-state index contributed by atoms with van der Waals surface area (Å²) in [6.45, 7) is 0.705. The van der Waals surface area contributed by atoms with Crippen molar-refractivity contribution in [3.8, 4) is 33.8 Å². The van der Waals surface area contributed by atoms with Crippen LogP contribution in [-0.2, 0) is 24.4 Å². The molecule has 2 aliphatic heterocycles. The smallest absolute Gasteiger partial charge is 0.230 e. The molecule has 0 fully saturated rings. The van der Waals surface area contributed by atoms with Crippen molar-refractivity contribution in [2.75, 3.05) is 11.1 Å². The van der Waals surface area contributed by atoms with Gasteiger partial charge in [0.1, 0.15) is 36.3 Å². The summed E-state index contributed by atoms with van der Waals surface area (Å²) in [5.41, 5.74) is 12.2. The van der Waals surface area contributed by atoms with Crippen molar-refractivity contribution in [3.05, 3.63) is 81.6 Å². The highest BCUT2D eigenvalue weighted by Crippen LogP contribution is 2.42. The number of benzene rings is 2. The molecule has 0 unspecified atom stereocenters. The van der Waals surface area contributed by atoms with Crippen LogP contribution in [0.3, 0.4) is 0 Å². The molecule has 6 rings (SSSR count). The van der Waals surface area contributed by atoms with Crippen LogP contribution in [0.15, 0.2) is 54.9 Å². The van der Waals surface area contributed by atoms with Crippen LogP contribution in [0.1, 0.15) is 16.7 Å². The Hall–Kier alpha value is -3.81. The van der Waals surface area contributed by atoms with Gasteiger partial charge in [-0.15, -0.1) is 0 Å². The first kappa shape index (κ1) is 21.7. The van der Waals surface area contributed by atoms with Gasteiger partial charge in [-0.05, 0) is 48.0 Å². The SMILES string of the molecule is Nc1ncc2c(c1CC(=O)Nc1cc3c(cn1)COc1cc(Cl)ccc1-3)-c1ccc(Cl)cc1OC2. The molecule has 4 aromatic rings. The van der Waals surface area contributed by atoms with E-state index in [4.69, 9.17) is 38.4 Å². The first-order valence-electron chi connectivity index (χ1n) is 10.9. The molecular formula is C26H18Cl2N4O3. The van der Waals surface area contributed by atoms with Gasteiger partial charge >= 0.3 is 0 Å². The summed E-state index contributed by atoms with van der Waals surface area (Å²) in [6, 6.07) is 12.7. The second-order valence-corrected chi connectivity index (χ2v) is 9.21. The number of nitrogen functional groups attached to an aromatic ring is 1. The lowest BCUT2D eigenvalue weighted by Crippen LogP contribution is -2.19. The average Bonchev–Trinajstić information content (AvgIpc) is 2.85. The third-order valence-corrected chi connectivity index (χ3v) is 6.57. The molecule has 9 heteroatoms. The van der Waals surface area contributed by atoms with Crippen molar-refractivity contribution in [1.29, 1.82) is 0 Å². The highest BCUT2D eigenvalue weighted by molar-refractivity contribution is 6.31. The van der Waals surface area contributed by atoms with Gasteiger partial charge in [0.25, 0.3) is 0 Å². The minimum atomic E-state index is -0.259. The number of amides is 1. The molecule has 2 aliphatic rings. The zero-order valence-electron chi connectivity index (χ0n) is 18.3. The summed E-state index contributed by atoms with van der Waals surface area (Å²) >= 11 is 12.2. The van der Waals surface area contributed by atoms with Gasteiger partial charge in [-0.1, -0.05) is 23.2 Å². The standard InChI is InChI=1S/C26H18Cl2N4O3/c27-15-1-3-17-19-7-23(30-9-13(19)11-34-21(17)5-15)32-24(33)8-20-25-14(10-31-26(20)29)12-35-22-6-16(28)2-4-18(22)25/h1-7,9-10H,8,11-12H2,(H2,29,31)(H,30,32,33). The van der Waals surface area contributed by atoms with E-state index in [0.29, 0.717) is 52.0 Å². The maximum absolute atomic E-state index is 13.1. The molecule has 0 radical (unpaired) electrons. The van der Waals surface area contributed by atoms with E-state index in [1.807, 2.05) is 18.2 Å². The zero-order chi connectivity index (χ0) is 24.1. The number of hydrogen-bond acceptors (Lipinski definition) is 6. The highest BCUT2D eigenvalue weighted by atomic mass is 35.5. The fourth-order valence-electron chi connectivity index (χ4n) is 4.47. The largest absolute Gasteiger partial charge is 0.488 e. The molecule has 0 saturated heterocycles. The second-order valence-electron chi connectivity index (χ2n) is 8.33. The van der Waals surface area contributed by atoms with E-state index in [0.717, 1.165) is 33.4 Å². The molecule has 3 N–H and O–H groups in total. The number of nitrogens with two attached hydrogens (primary N) is 1. The molecule has 0 saturated carbocycles. The van der Waals surface area contributed by atoms with Gasteiger partial charge in [0.15, 0.2) is 0 Å². The number of nitrogens with one attached hydrogen (secondary N) is 1. The molecular weight excluding hydrogens is 487 g/mol. The topological polar surface area (TPSA) is 99.4 Å². The number of fused-ring (bicyclic) bond motifs is 6. The fraction of sp³-hybridized carbons (Fsp3) is 0.115. The molecule has 0 spiro atoms. The number of carbonyl (C=O) groups excluding carboxylic acids is 1. The molecule has 1 amide bonds. The van der Waals surface area contributed by atoms with Gasteiger partial charge in [-0.25, -0.2) is 9.97 Å². The third kappa shape index (κ3) is 3.92. The van der Waals surface area contributed by atoms with Crippen molar-refractivity contribution in [2.24, 2.45) is 0 Å². The van der Waals surface area contributed by atoms with Gasteiger partial charge in [-0.3, -0.25) is 4.79 Å². The molecule has 7 nitrogen and oxygen atoms in total. The summed E-state index contributed by atoms with van der Waals surface area (Å²) < 4.78 is 11.6. The van der Waals surface area contributed by atoms with Crippen LogP contribution in [-0.4, -0.2) is 15.9 Å². The van der Waals surface area contributed by atoms with Crippen molar-refractivity contribution >= 4 is 40.7 Å². The Labute approximate surface area is 210 Å². The Balaban J connectivity index is 1.30. The van der Waals surface area contributed by atoms with Gasteiger partial charge in [0.2, 0.25) is 5.91 Å². The van der Waals surface area contributed by atoms with E-state index in [1.54, 1.807) is 36.7 Å². The van der Waals surface area contributed by atoms with Gasteiger partial charge in [-0.2, -0.15) is 0 Å². The van der Waals surface area contributed by atoms with Crippen LogP contribution in [0, 0.1) is 0 Å². The first-order valence-corrected chi connectivity index (χ1v) is 11.6. The van der Waals surface area contributed by atoms with Crippen LogP contribution in [0.2, 0.25) is 10.0 Å². The van der Waals surface area contributed by atoms with Crippen molar-refractivity contribution < 1.29 is 14.3 Å². The van der Waals surface area contributed by atoms with Gasteiger partial charge < -0.3 is 20.5 Å². The Morgan fingerprint density at radius 1 is 0.886 bits per heavy atom. The molecule has 174 valence electrons. The number of ether oxygens (including phenoxy) is 2. The first-order chi connectivity index (χ1) is 17.0. The second kappa shape index (κ2) is 8.45. The van der Waals surface area contributed by atoms with E-state index in [1.165, 1.54) is 0 Å². The van der Waals surface area contributed by atoms with E-state index in [2.05, 4.69) is 15.3 Å². The molecule has 0 aliphatic carbocycles. The monoisotopic (exact) mass is 504 g/mol.